The molecule has 174 valence electrons. The number of aromatic nitrogens is 1. The maximum Gasteiger partial charge on any atom is 0.319 e. The van der Waals surface area contributed by atoms with Gasteiger partial charge in [0.1, 0.15) is 17.2 Å². The number of halogens is 2. The number of nitrogens with two attached hydrogens (primary N) is 1. The van der Waals surface area contributed by atoms with E-state index in [1.165, 1.54) is 0 Å². The average molecular weight is 502 g/mol. The molecule has 32 heavy (non-hydrogen) atoms. The molecule has 0 bridgehead atoms. The highest BCUT2D eigenvalue weighted by molar-refractivity contribution is 7.11. The van der Waals surface area contributed by atoms with Crippen molar-refractivity contribution in [1.82, 2.24) is 14.6 Å². The Morgan fingerprint density at radius 3 is 2.75 bits per heavy atom. The molecule has 1 aliphatic rings. The molecule has 1 saturated heterocycles. The monoisotopic (exact) mass is 501 g/mol. The van der Waals surface area contributed by atoms with Crippen LogP contribution in [0.3, 0.4) is 0 Å². The van der Waals surface area contributed by atoms with Gasteiger partial charge in [0, 0.05) is 26.2 Å². The SMILES string of the molecule is CC(CNC(=O)Nc1snc(OCc2ccc(Cl)c(Cl)c2)c1C(N)=O)CN1CCOCC1. The zero-order chi connectivity index (χ0) is 23.1. The lowest BCUT2D eigenvalue weighted by atomic mass is 10.1. The van der Waals surface area contributed by atoms with Crippen molar-refractivity contribution in [2.24, 2.45) is 11.7 Å². The van der Waals surface area contributed by atoms with Gasteiger partial charge >= 0.3 is 6.03 Å². The molecule has 1 aliphatic heterocycles. The highest BCUT2D eigenvalue weighted by Gasteiger charge is 2.22. The molecule has 1 fully saturated rings. The van der Waals surface area contributed by atoms with E-state index in [9.17, 15) is 9.59 Å². The normalized spacial score (nSPS) is 15.2. The van der Waals surface area contributed by atoms with E-state index in [1.54, 1.807) is 18.2 Å². The van der Waals surface area contributed by atoms with Gasteiger partial charge in [0.2, 0.25) is 5.88 Å². The zero-order valence-electron chi connectivity index (χ0n) is 17.5. The summed E-state index contributed by atoms with van der Waals surface area (Å²) in [5, 5.41) is 6.50. The first-order valence-electron chi connectivity index (χ1n) is 10.0. The Balaban J connectivity index is 1.54. The van der Waals surface area contributed by atoms with Crippen LogP contribution in [0.2, 0.25) is 10.0 Å². The van der Waals surface area contributed by atoms with Crippen LogP contribution in [-0.2, 0) is 11.3 Å². The van der Waals surface area contributed by atoms with Crippen LogP contribution < -0.4 is 21.1 Å². The van der Waals surface area contributed by atoms with E-state index in [2.05, 4.69) is 26.8 Å². The number of benzene rings is 1. The number of anilines is 1. The summed E-state index contributed by atoms with van der Waals surface area (Å²) in [5.74, 6) is -0.454. The zero-order valence-corrected chi connectivity index (χ0v) is 19.9. The highest BCUT2D eigenvalue weighted by Crippen LogP contribution is 2.31. The van der Waals surface area contributed by atoms with Crippen LogP contribution >= 0.6 is 34.7 Å². The van der Waals surface area contributed by atoms with Gasteiger partial charge in [-0.1, -0.05) is 36.2 Å². The Morgan fingerprint density at radius 2 is 2.06 bits per heavy atom. The Labute approximate surface area is 200 Å². The van der Waals surface area contributed by atoms with Gasteiger partial charge in [0.05, 0.1) is 23.3 Å². The third-order valence-corrected chi connectivity index (χ3v) is 6.26. The number of morpholine rings is 1. The second-order valence-corrected chi connectivity index (χ2v) is 9.03. The first-order chi connectivity index (χ1) is 15.3. The van der Waals surface area contributed by atoms with Crippen LogP contribution in [0.1, 0.15) is 22.8 Å². The summed E-state index contributed by atoms with van der Waals surface area (Å²) in [4.78, 5) is 26.6. The maximum absolute atomic E-state index is 12.3. The molecule has 2 aromatic rings. The van der Waals surface area contributed by atoms with Crippen molar-refractivity contribution in [2.75, 3.05) is 44.7 Å². The Kier molecular flexibility index (Phi) is 8.94. The van der Waals surface area contributed by atoms with Crippen molar-refractivity contribution in [1.29, 1.82) is 0 Å². The van der Waals surface area contributed by atoms with Gasteiger partial charge in [-0.15, -0.1) is 0 Å². The molecule has 4 N–H and O–H groups in total. The summed E-state index contributed by atoms with van der Waals surface area (Å²) in [6, 6.07) is 4.61. The smallest absolute Gasteiger partial charge is 0.319 e. The summed E-state index contributed by atoms with van der Waals surface area (Å²) in [6.45, 7) is 6.76. The lowest BCUT2D eigenvalue weighted by Gasteiger charge is -2.29. The number of hydrogen-bond acceptors (Lipinski definition) is 7. The summed E-state index contributed by atoms with van der Waals surface area (Å²) in [6.07, 6.45) is 0. The number of carbonyl (C=O) groups excluding carboxylic acids is 2. The molecule has 3 rings (SSSR count). The van der Waals surface area contributed by atoms with Gasteiger partial charge in [-0.25, -0.2) is 4.79 Å². The second-order valence-electron chi connectivity index (χ2n) is 7.45. The molecule has 12 heteroatoms. The number of urea groups is 1. The summed E-state index contributed by atoms with van der Waals surface area (Å²) in [5.41, 5.74) is 6.26. The van der Waals surface area contributed by atoms with Crippen molar-refractivity contribution < 1.29 is 19.1 Å². The molecule has 0 spiro atoms. The standard InChI is InChI=1S/C20H25Cl2N5O4S/c1-12(10-27-4-6-30-7-5-27)9-24-20(29)25-19-16(17(23)28)18(26-32-19)31-11-13-2-3-14(21)15(22)8-13/h2-3,8,12H,4-7,9-11H2,1H3,(H2,23,28)(H2,24,25,29). The molecule has 1 atom stereocenters. The minimum absolute atomic E-state index is 0.0200. The molecule has 0 aliphatic carbocycles. The van der Waals surface area contributed by atoms with Crippen LogP contribution in [0.5, 0.6) is 5.88 Å². The van der Waals surface area contributed by atoms with Crippen molar-refractivity contribution >= 4 is 51.7 Å². The predicted octanol–water partition coefficient (Wildman–Crippen LogP) is 3.22. The Bertz CT molecular complexity index is 952. The van der Waals surface area contributed by atoms with Gasteiger partial charge in [0.15, 0.2) is 0 Å². The number of nitrogens with zero attached hydrogens (tertiary/aromatic N) is 2. The number of ether oxygens (including phenoxy) is 2. The first kappa shape index (κ1) is 24.5. The van der Waals surface area contributed by atoms with E-state index in [0.29, 0.717) is 16.6 Å². The number of rotatable bonds is 9. The lowest BCUT2D eigenvalue weighted by molar-refractivity contribution is 0.0320. The van der Waals surface area contributed by atoms with E-state index in [-0.39, 0.29) is 29.0 Å². The molecular weight excluding hydrogens is 477 g/mol. The van der Waals surface area contributed by atoms with Gasteiger partial charge < -0.3 is 20.5 Å². The van der Waals surface area contributed by atoms with Crippen molar-refractivity contribution in [3.8, 4) is 5.88 Å². The predicted molar refractivity (Wildman–Crippen MR) is 125 cm³/mol. The highest BCUT2D eigenvalue weighted by atomic mass is 35.5. The Hall–Kier alpha value is -2.11. The largest absolute Gasteiger partial charge is 0.472 e. The molecular formula is C20H25Cl2N5O4S. The summed E-state index contributed by atoms with van der Waals surface area (Å²) < 4.78 is 15.1. The number of hydrogen-bond donors (Lipinski definition) is 3. The molecule has 1 aromatic carbocycles. The molecule has 1 aromatic heterocycles. The van der Waals surface area contributed by atoms with Gasteiger partial charge in [-0.05, 0) is 35.1 Å². The Morgan fingerprint density at radius 1 is 1.31 bits per heavy atom. The topological polar surface area (TPSA) is 119 Å². The van der Waals surface area contributed by atoms with Crippen LogP contribution in [0, 0.1) is 5.92 Å². The van der Waals surface area contributed by atoms with Crippen LogP contribution in [0.25, 0.3) is 0 Å². The lowest BCUT2D eigenvalue weighted by Crippen LogP contribution is -2.42. The van der Waals surface area contributed by atoms with Gasteiger partial charge in [-0.2, -0.15) is 4.37 Å². The molecule has 1 unspecified atom stereocenters. The van der Waals surface area contributed by atoms with E-state index < -0.39 is 11.9 Å². The minimum Gasteiger partial charge on any atom is -0.472 e. The summed E-state index contributed by atoms with van der Waals surface area (Å²) in [7, 11) is 0. The first-order valence-corrected chi connectivity index (χ1v) is 11.6. The van der Waals surface area contributed by atoms with Crippen LogP contribution in [-0.4, -0.2) is 60.6 Å². The molecule has 9 nitrogen and oxygen atoms in total. The molecule has 2 heterocycles. The third kappa shape index (κ3) is 6.94. The number of nitrogens with one attached hydrogen (secondary N) is 2. The quantitative estimate of drug-likeness (QED) is 0.485. The number of primary amides is 1. The van der Waals surface area contributed by atoms with E-state index >= 15 is 0 Å². The van der Waals surface area contributed by atoms with E-state index in [1.807, 2.05) is 0 Å². The van der Waals surface area contributed by atoms with E-state index in [0.717, 1.165) is 49.9 Å². The second kappa shape index (κ2) is 11.7. The maximum atomic E-state index is 12.3. The fourth-order valence-corrected chi connectivity index (χ4v) is 4.22. The summed E-state index contributed by atoms with van der Waals surface area (Å²) >= 11 is 12.8. The number of amides is 3. The van der Waals surface area contributed by atoms with Gasteiger partial charge in [-0.3, -0.25) is 15.0 Å². The van der Waals surface area contributed by atoms with Crippen molar-refractivity contribution in [2.45, 2.75) is 13.5 Å². The van der Waals surface area contributed by atoms with Crippen molar-refractivity contribution in [3.05, 3.63) is 39.4 Å². The fourth-order valence-electron chi connectivity index (χ4n) is 3.16. The molecule has 0 saturated carbocycles. The van der Waals surface area contributed by atoms with Crippen LogP contribution in [0.4, 0.5) is 9.80 Å². The average Bonchev–Trinajstić information content (AvgIpc) is 3.16. The fraction of sp³-hybridized carbons (Fsp3) is 0.450. The van der Waals surface area contributed by atoms with Gasteiger partial charge in [0.25, 0.3) is 5.91 Å². The molecule has 3 amide bonds. The molecule has 0 radical (unpaired) electrons. The van der Waals surface area contributed by atoms with E-state index in [4.69, 9.17) is 38.4 Å². The number of carbonyl (C=O) groups is 2. The third-order valence-electron chi connectivity index (χ3n) is 4.78. The van der Waals surface area contributed by atoms with Crippen LogP contribution in [0.15, 0.2) is 18.2 Å². The minimum atomic E-state index is -0.751. The van der Waals surface area contributed by atoms with Crippen molar-refractivity contribution in [3.63, 3.8) is 0 Å².